The van der Waals surface area contributed by atoms with Gasteiger partial charge in [-0.3, -0.25) is 56.6 Å². The van der Waals surface area contributed by atoms with Crippen LogP contribution in [0.4, 0.5) is 0 Å². The Hall–Kier alpha value is -4.84. The smallest absolute Gasteiger partial charge is 0.549 e. The van der Waals surface area contributed by atoms with Crippen LogP contribution in [0.2, 0.25) is 0 Å². The first-order chi connectivity index (χ1) is 51.6. The van der Waals surface area contributed by atoms with E-state index in [2.05, 4.69) is 0 Å². The molecule has 8 atom stereocenters. The van der Waals surface area contributed by atoms with Crippen LogP contribution in [0.5, 0.6) is 0 Å². The molecular formula is C64H104N4Na4O40S4. The topological polar surface area (TPSA) is 758 Å². The van der Waals surface area contributed by atoms with Gasteiger partial charge < -0.3 is 100 Å². The maximum absolute atomic E-state index is 12.4. The standard InChI is InChI=1S/4C16H27NO10S.4Na/c4*1-2-3-4-5-6-7-8-17(11(15(21)22)9-14(19)20)13(18)10-12(16(23)24)28(25,26)27;;;;/h4*11-12H,2-10H2,1H3,(H,19,20)(H,21,22)(H,23,24)(H,25,26,27);;;;/q;;;;4*+1/p-4. The molecule has 0 saturated carbocycles. The Morgan fingerprint density at radius 2 is 0.371 bits per heavy atom. The van der Waals surface area contributed by atoms with Crippen molar-refractivity contribution in [3.8, 4) is 0 Å². The van der Waals surface area contributed by atoms with E-state index in [1.807, 2.05) is 27.7 Å². The van der Waals surface area contributed by atoms with Gasteiger partial charge in [-0.2, -0.15) is 33.7 Å². The van der Waals surface area contributed by atoms with Crippen molar-refractivity contribution >= 4 is 136 Å². The largest absolute Gasteiger partial charge is 1.00 e. The first-order valence-corrected chi connectivity index (χ1v) is 41.3. The minimum atomic E-state index is -5.17. The van der Waals surface area contributed by atoms with Crippen molar-refractivity contribution in [3.63, 3.8) is 0 Å². The number of hydrogen-bond acceptors (Lipinski definition) is 28. The molecule has 0 radical (unpaired) electrons. The van der Waals surface area contributed by atoms with Gasteiger partial charge in [0.25, 0.3) is 40.5 Å². The monoisotopic (exact) mass is 1790 g/mol. The molecule has 0 rings (SSSR count). The zero-order valence-corrected chi connectivity index (χ0v) is 77.6. The summed E-state index contributed by atoms with van der Waals surface area (Å²) in [6.45, 7) is 7.31. The van der Waals surface area contributed by atoms with E-state index in [1.165, 1.54) is 0 Å². The summed E-state index contributed by atoms with van der Waals surface area (Å²) in [5.41, 5.74) is 0. The summed E-state index contributed by atoms with van der Waals surface area (Å²) < 4.78 is 125. The van der Waals surface area contributed by atoms with Gasteiger partial charge in [0.15, 0.2) is 0 Å². The zero-order valence-electron chi connectivity index (χ0n) is 66.3. The number of amides is 4. The first kappa shape index (κ1) is 127. The molecule has 0 fully saturated rings. The van der Waals surface area contributed by atoms with E-state index >= 15 is 0 Å². The summed E-state index contributed by atoms with van der Waals surface area (Å²) in [4.78, 5) is 185. The number of carbonyl (C=O) groups excluding carboxylic acids is 8. The van der Waals surface area contributed by atoms with Crippen LogP contribution in [0.3, 0.4) is 0 Å². The van der Waals surface area contributed by atoms with Crippen LogP contribution in [-0.4, -0.2) is 279 Å². The summed E-state index contributed by atoms with van der Waals surface area (Å²) in [7, 11) is -20.7. The summed E-state index contributed by atoms with van der Waals surface area (Å²) in [6, 6.07) is -7.21. The quantitative estimate of drug-likeness (QED) is 0.0153. The molecular weight excluding hydrogens is 1680 g/mol. The molecule has 0 aromatic rings. The average molecular weight is 1790 g/mol. The Labute approximate surface area is 760 Å². The van der Waals surface area contributed by atoms with Crippen LogP contribution in [0.15, 0.2) is 0 Å². The summed E-state index contributed by atoms with van der Waals surface area (Å²) in [5, 5.41) is 106. The molecule has 44 nitrogen and oxygen atoms in total. The Balaban J connectivity index is -0.000000221. The predicted octanol–water partition coefficient (Wildman–Crippen LogP) is -14.0. The van der Waals surface area contributed by atoms with E-state index < -0.39 is 232 Å². The molecule has 116 heavy (non-hydrogen) atoms. The molecule has 8 unspecified atom stereocenters. The molecule has 648 valence electrons. The molecule has 0 aliphatic heterocycles. The van der Waals surface area contributed by atoms with Crippen molar-refractivity contribution in [2.75, 3.05) is 26.2 Å². The Morgan fingerprint density at radius 3 is 0.474 bits per heavy atom. The third kappa shape index (κ3) is 59.0. The molecule has 0 aliphatic carbocycles. The molecule has 0 heterocycles. The number of carboxylic acid groups (broad SMARTS) is 12. The van der Waals surface area contributed by atoms with Gasteiger partial charge in [0.05, 0.1) is 75.2 Å². The zero-order chi connectivity index (χ0) is 87.6. The van der Waals surface area contributed by atoms with Crippen molar-refractivity contribution in [1.29, 1.82) is 0 Å². The Morgan fingerprint density at radius 1 is 0.241 bits per heavy atom. The molecule has 4 amide bonds. The molecule has 52 heteroatoms. The summed E-state index contributed by atoms with van der Waals surface area (Å²) >= 11 is 0. The van der Waals surface area contributed by atoms with Gasteiger partial charge in [0.2, 0.25) is 23.6 Å². The molecule has 0 aromatic heterocycles. The second-order valence-electron chi connectivity index (χ2n) is 25.3. The van der Waals surface area contributed by atoms with E-state index in [-0.39, 0.29) is 144 Å². The van der Waals surface area contributed by atoms with Crippen LogP contribution < -0.4 is 139 Å². The van der Waals surface area contributed by atoms with Gasteiger partial charge in [-0.25, -0.2) is 19.2 Å². The molecule has 12 N–H and O–H groups in total. The normalized spacial score (nSPS) is 13.0. The fraction of sp³-hybridized carbons (Fsp3) is 0.750. The molecule has 0 aromatic carbocycles. The van der Waals surface area contributed by atoms with E-state index in [0.717, 1.165) is 103 Å². The first-order valence-electron chi connectivity index (χ1n) is 35.3. The Bertz CT molecular complexity index is 3120. The Kier molecular flexibility index (Phi) is 74.1. The number of rotatable bonds is 60. The van der Waals surface area contributed by atoms with Crippen LogP contribution in [0, 0.1) is 0 Å². The minimum absolute atomic E-state index is 0. The van der Waals surface area contributed by atoms with Crippen molar-refractivity contribution in [2.24, 2.45) is 0 Å². The molecule has 0 bridgehead atoms. The van der Waals surface area contributed by atoms with E-state index in [0.29, 0.717) is 71.0 Å². The van der Waals surface area contributed by atoms with Crippen molar-refractivity contribution in [3.05, 3.63) is 0 Å². The second-order valence-corrected chi connectivity index (χ2v) is 31.7. The van der Waals surface area contributed by atoms with E-state index in [9.17, 15) is 151 Å². The maximum Gasteiger partial charge on any atom is 1.00 e. The van der Waals surface area contributed by atoms with Gasteiger partial charge in [0, 0.05) is 26.2 Å². The van der Waals surface area contributed by atoms with Gasteiger partial charge in [-0.15, -0.1) is 0 Å². The predicted molar refractivity (Wildman–Crippen MR) is 375 cm³/mol. The minimum Gasteiger partial charge on any atom is -0.549 e. The van der Waals surface area contributed by atoms with Crippen molar-refractivity contribution in [2.45, 2.75) is 278 Å². The third-order valence-corrected chi connectivity index (χ3v) is 20.7. The van der Waals surface area contributed by atoms with Gasteiger partial charge in [-0.1, -0.05) is 156 Å². The molecule has 0 aliphatic rings. The SMILES string of the molecule is CCCCCCCCN(C(=O)CC(C(=O)[O-])S(=O)(=O)O)C(CC(=O)O)C(=O)O.CCCCCCCCN(C(=O)CC(C(=O)[O-])S(=O)(=O)O)C(CC(=O)O)C(=O)O.CCCCCCCCN(C(=O)CC(C(=O)[O-])S(=O)(=O)O)C(CC(=O)O)C(=O)O.CCCCCCCCN(C(=O)CC(C(=O)[O-])S(=O)(=O)O)C(CC(=O)O)C(=O)O.[Na+].[Na+].[Na+].[Na+]. The molecule has 0 saturated heterocycles. The number of unbranched alkanes of at least 4 members (excludes halogenated alkanes) is 20. The number of carbonyl (C=O) groups is 16. The van der Waals surface area contributed by atoms with Gasteiger partial charge in [-0.05, 0) is 25.7 Å². The van der Waals surface area contributed by atoms with Crippen molar-refractivity contribution < 1.29 is 308 Å². The van der Waals surface area contributed by atoms with Gasteiger partial charge >= 0.3 is 166 Å². The van der Waals surface area contributed by atoms with E-state index in [1.54, 1.807) is 0 Å². The maximum atomic E-state index is 12.4. The fourth-order valence-corrected chi connectivity index (χ4v) is 12.8. The van der Waals surface area contributed by atoms with Crippen LogP contribution in [0.1, 0.15) is 233 Å². The van der Waals surface area contributed by atoms with Crippen LogP contribution >= 0.6 is 0 Å². The van der Waals surface area contributed by atoms with Crippen LogP contribution in [-0.2, 0) is 117 Å². The summed E-state index contributed by atoms with van der Waals surface area (Å²) in [5.74, 6) is -26.3. The summed E-state index contributed by atoms with van der Waals surface area (Å²) in [6.07, 6.45) is 9.86. The number of carboxylic acids is 12. The number of hydrogen-bond donors (Lipinski definition) is 12. The van der Waals surface area contributed by atoms with Gasteiger partial charge in [0.1, 0.15) is 45.2 Å². The molecule has 0 spiro atoms. The number of aliphatic carboxylic acids is 12. The van der Waals surface area contributed by atoms with E-state index in [4.69, 9.17) is 38.6 Å². The second kappa shape index (κ2) is 67.8. The number of nitrogens with zero attached hydrogens (tertiary/aromatic N) is 4. The third-order valence-electron chi connectivity index (χ3n) is 16.3. The fourth-order valence-electron chi connectivity index (χ4n) is 10.4. The van der Waals surface area contributed by atoms with Crippen molar-refractivity contribution in [1.82, 2.24) is 19.6 Å². The average Bonchev–Trinajstić information content (AvgIpc) is 0.848. The van der Waals surface area contributed by atoms with Crippen LogP contribution in [0.25, 0.3) is 0 Å².